The number of esters is 2. The molecule has 0 radical (unpaired) electrons. The summed E-state index contributed by atoms with van der Waals surface area (Å²) in [5.74, 6) is -2.46. The summed E-state index contributed by atoms with van der Waals surface area (Å²) in [4.78, 5) is 40.9. The Kier molecular flexibility index (Phi) is 8.11. The highest BCUT2D eigenvalue weighted by atomic mass is 79.9. The van der Waals surface area contributed by atoms with Gasteiger partial charge in [-0.25, -0.2) is 14.2 Å². The van der Waals surface area contributed by atoms with Gasteiger partial charge in [0.15, 0.2) is 11.4 Å². The molecule has 35 heavy (non-hydrogen) atoms. The monoisotopic (exact) mass is 549 g/mol. The number of hydrogen-bond donors (Lipinski definition) is 1. The third-order valence-electron chi connectivity index (χ3n) is 5.45. The maximum atomic E-state index is 14.2. The van der Waals surface area contributed by atoms with Crippen LogP contribution in [0.5, 0.6) is 11.5 Å². The van der Waals surface area contributed by atoms with E-state index in [1.807, 2.05) is 11.5 Å². The zero-order valence-electron chi connectivity index (χ0n) is 19.8. The molecule has 0 bridgehead atoms. The molecule has 9 nitrogen and oxygen atoms in total. The fourth-order valence-electron chi connectivity index (χ4n) is 3.48. The number of benzene rings is 1. The van der Waals surface area contributed by atoms with Crippen molar-refractivity contribution in [3.05, 3.63) is 52.6 Å². The van der Waals surface area contributed by atoms with E-state index in [0.29, 0.717) is 15.4 Å². The first-order valence-corrected chi connectivity index (χ1v) is 11.5. The summed E-state index contributed by atoms with van der Waals surface area (Å²) >= 11 is 3.44. The lowest BCUT2D eigenvalue weighted by molar-refractivity contribution is -0.152. The van der Waals surface area contributed by atoms with Crippen molar-refractivity contribution in [1.82, 2.24) is 14.9 Å². The summed E-state index contributed by atoms with van der Waals surface area (Å²) in [6, 6.07) is 4.70. The van der Waals surface area contributed by atoms with Crippen LogP contribution in [0.2, 0.25) is 0 Å². The number of hydrogen-bond acceptors (Lipinski definition) is 7. The van der Waals surface area contributed by atoms with Gasteiger partial charge in [0, 0.05) is 35.2 Å². The Hall–Kier alpha value is -3.47. The normalized spacial score (nSPS) is 13.6. The van der Waals surface area contributed by atoms with Gasteiger partial charge in [0.25, 0.3) is 5.91 Å². The van der Waals surface area contributed by atoms with Gasteiger partial charge in [0.1, 0.15) is 18.0 Å². The first-order valence-electron chi connectivity index (χ1n) is 10.7. The lowest BCUT2D eigenvalue weighted by Crippen LogP contribution is -2.42. The van der Waals surface area contributed by atoms with Gasteiger partial charge in [-0.3, -0.25) is 9.59 Å². The number of pyridine rings is 1. The highest BCUT2D eigenvalue weighted by Gasteiger charge is 2.27. The quantitative estimate of drug-likeness (QED) is 0.419. The van der Waals surface area contributed by atoms with E-state index in [1.165, 1.54) is 39.3 Å². The standard InChI is InChI=1S/C24H25BrFN3O6/c1-12(28-23(31)20-22(35-15(4)30)19(33-5)8-10-27-20)24(32)34-14(3)13(2)29-11-9-16-18(26)7-6-17(25)21(16)29/h6-14H,1-5H3,(H,28,31)/t12-,13?,14?/m0/s1. The zero-order chi connectivity index (χ0) is 25.9. The molecule has 0 saturated carbocycles. The van der Waals surface area contributed by atoms with Crippen LogP contribution in [0.25, 0.3) is 10.9 Å². The first kappa shape index (κ1) is 26.1. The SMILES string of the molecule is COc1ccnc(C(=O)N[C@@H](C)C(=O)OC(C)C(C)n2ccc3c(F)ccc(Br)c32)c1OC(C)=O. The van der Waals surface area contributed by atoms with Gasteiger partial charge in [-0.15, -0.1) is 0 Å². The van der Waals surface area contributed by atoms with Gasteiger partial charge >= 0.3 is 11.9 Å². The Morgan fingerprint density at radius 2 is 1.86 bits per heavy atom. The smallest absolute Gasteiger partial charge is 0.328 e. The molecular formula is C24H25BrFN3O6. The minimum atomic E-state index is -1.04. The highest BCUT2D eigenvalue weighted by Crippen LogP contribution is 2.32. The number of nitrogens with zero attached hydrogens (tertiary/aromatic N) is 2. The van der Waals surface area contributed by atoms with E-state index >= 15 is 0 Å². The number of amides is 1. The van der Waals surface area contributed by atoms with Crippen molar-refractivity contribution in [3.63, 3.8) is 0 Å². The summed E-state index contributed by atoms with van der Waals surface area (Å²) in [6.45, 7) is 6.18. The van der Waals surface area contributed by atoms with Gasteiger partial charge in [-0.05, 0) is 54.9 Å². The minimum absolute atomic E-state index is 0.138. The Labute approximate surface area is 209 Å². The maximum absolute atomic E-state index is 14.2. The Balaban J connectivity index is 1.72. The third-order valence-corrected chi connectivity index (χ3v) is 6.09. The number of halogens is 2. The molecule has 0 fully saturated rings. The van der Waals surface area contributed by atoms with Crippen LogP contribution >= 0.6 is 15.9 Å². The van der Waals surface area contributed by atoms with Crippen molar-refractivity contribution in [3.8, 4) is 11.5 Å². The molecule has 2 heterocycles. The molecule has 1 aromatic carbocycles. The molecule has 2 aromatic heterocycles. The molecule has 0 aliphatic rings. The van der Waals surface area contributed by atoms with Crippen LogP contribution in [0.4, 0.5) is 4.39 Å². The van der Waals surface area contributed by atoms with Crippen LogP contribution in [-0.4, -0.2) is 46.7 Å². The van der Waals surface area contributed by atoms with Crippen molar-refractivity contribution in [2.45, 2.75) is 45.9 Å². The topological polar surface area (TPSA) is 109 Å². The molecule has 0 spiro atoms. The van der Waals surface area contributed by atoms with E-state index < -0.39 is 30.0 Å². The molecule has 11 heteroatoms. The largest absolute Gasteiger partial charge is 0.493 e. The number of carbonyl (C=O) groups excluding carboxylic acids is 3. The Morgan fingerprint density at radius 1 is 1.14 bits per heavy atom. The van der Waals surface area contributed by atoms with Crippen molar-refractivity contribution in [2.24, 2.45) is 0 Å². The van der Waals surface area contributed by atoms with Gasteiger partial charge in [-0.2, -0.15) is 0 Å². The molecule has 0 saturated heterocycles. The Bertz CT molecular complexity index is 1280. The molecule has 3 aromatic rings. The summed E-state index contributed by atoms with van der Waals surface area (Å²) in [5, 5.41) is 2.94. The fraction of sp³-hybridized carbons (Fsp3) is 0.333. The van der Waals surface area contributed by atoms with E-state index in [-0.39, 0.29) is 29.1 Å². The average Bonchev–Trinajstić information content (AvgIpc) is 3.27. The molecular weight excluding hydrogens is 525 g/mol. The van der Waals surface area contributed by atoms with Crippen molar-refractivity contribution < 1.29 is 33.0 Å². The van der Waals surface area contributed by atoms with E-state index in [1.54, 1.807) is 25.3 Å². The number of aromatic nitrogens is 2. The molecule has 186 valence electrons. The maximum Gasteiger partial charge on any atom is 0.328 e. The van der Waals surface area contributed by atoms with E-state index in [9.17, 15) is 18.8 Å². The first-order chi connectivity index (χ1) is 16.5. The second-order valence-corrected chi connectivity index (χ2v) is 8.73. The second kappa shape index (κ2) is 10.9. The molecule has 1 N–H and O–H groups in total. The van der Waals surface area contributed by atoms with Crippen LogP contribution < -0.4 is 14.8 Å². The molecule has 3 atom stereocenters. The van der Waals surface area contributed by atoms with Crippen LogP contribution in [0.1, 0.15) is 44.2 Å². The highest BCUT2D eigenvalue weighted by molar-refractivity contribution is 9.10. The summed E-state index contributed by atoms with van der Waals surface area (Å²) in [6.07, 6.45) is 2.43. The number of rotatable bonds is 8. The van der Waals surface area contributed by atoms with E-state index in [4.69, 9.17) is 14.2 Å². The van der Waals surface area contributed by atoms with Gasteiger partial charge in [-0.1, -0.05) is 0 Å². The van der Waals surface area contributed by atoms with Crippen LogP contribution in [0.3, 0.4) is 0 Å². The van der Waals surface area contributed by atoms with Crippen LogP contribution in [0.15, 0.2) is 41.1 Å². The Morgan fingerprint density at radius 3 is 2.51 bits per heavy atom. The summed E-state index contributed by atoms with van der Waals surface area (Å²) < 4.78 is 32.5. The number of carbonyl (C=O) groups is 3. The van der Waals surface area contributed by atoms with Crippen LogP contribution in [0, 0.1) is 5.82 Å². The third kappa shape index (κ3) is 5.61. The van der Waals surface area contributed by atoms with Gasteiger partial charge < -0.3 is 24.1 Å². The molecule has 0 aliphatic heterocycles. The molecule has 1 amide bonds. The second-order valence-electron chi connectivity index (χ2n) is 7.88. The van der Waals surface area contributed by atoms with Crippen molar-refractivity contribution >= 4 is 44.7 Å². The lowest BCUT2D eigenvalue weighted by Gasteiger charge is -2.25. The van der Waals surface area contributed by atoms with E-state index in [0.717, 1.165) is 0 Å². The van der Waals surface area contributed by atoms with E-state index in [2.05, 4.69) is 26.2 Å². The van der Waals surface area contributed by atoms with Crippen molar-refractivity contribution in [1.29, 1.82) is 0 Å². The average molecular weight is 550 g/mol. The predicted molar refractivity (Wildman–Crippen MR) is 129 cm³/mol. The minimum Gasteiger partial charge on any atom is -0.493 e. The van der Waals surface area contributed by atoms with Crippen molar-refractivity contribution in [2.75, 3.05) is 7.11 Å². The molecule has 0 aliphatic carbocycles. The zero-order valence-corrected chi connectivity index (χ0v) is 21.4. The summed E-state index contributed by atoms with van der Waals surface area (Å²) in [5.41, 5.74) is 0.426. The molecule has 3 rings (SSSR count). The number of ether oxygens (including phenoxy) is 3. The van der Waals surface area contributed by atoms with Crippen LogP contribution in [-0.2, 0) is 14.3 Å². The predicted octanol–water partition coefficient (Wildman–Crippen LogP) is 4.18. The number of fused-ring (bicyclic) bond motifs is 1. The molecule has 2 unspecified atom stereocenters. The number of nitrogens with one attached hydrogen (secondary N) is 1. The van der Waals surface area contributed by atoms with Gasteiger partial charge in [0.05, 0.1) is 18.7 Å². The van der Waals surface area contributed by atoms with Gasteiger partial charge in [0.2, 0.25) is 5.75 Å². The number of methoxy groups -OCH3 is 1. The lowest BCUT2D eigenvalue weighted by atomic mass is 10.2. The fourth-order valence-corrected chi connectivity index (χ4v) is 4.03. The summed E-state index contributed by atoms with van der Waals surface area (Å²) in [7, 11) is 1.35.